The Morgan fingerprint density at radius 3 is 2.54 bits per heavy atom. The van der Waals surface area contributed by atoms with Crippen LogP contribution in [0.2, 0.25) is 0 Å². The van der Waals surface area contributed by atoms with Crippen LogP contribution in [0.15, 0.2) is 41.6 Å². The first-order valence-corrected chi connectivity index (χ1v) is 9.73. The van der Waals surface area contributed by atoms with Crippen molar-refractivity contribution >= 4 is 40.9 Å². The van der Waals surface area contributed by atoms with E-state index in [9.17, 15) is 14.4 Å². The van der Waals surface area contributed by atoms with Crippen LogP contribution in [0.4, 0.5) is 11.4 Å². The zero-order chi connectivity index (χ0) is 20.7. The molecule has 1 heterocycles. The molecule has 0 saturated carbocycles. The van der Waals surface area contributed by atoms with Gasteiger partial charge in [0.1, 0.15) is 6.54 Å². The second-order valence-electron chi connectivity index (χ2n) is 7.51. The maximum atomic E-state index is 12.3. The molecule has 0 fully saturated rings. The van der Waals surface area contributed by atoms with Gasteiger partial charge in [0.15, 0.2) is 0 Å². The van der Waals surface area contributed by atoms with Gasteiger partial charge in [-0.1, -0.05) is 32.9 Å². The lowest BCUT2D eigenvalue weighted by atomic mass is 9.92. The summed E-state index contributed by atoms with van der Waals surface area (Å²) in [6.45, 7) is 5.95. The number of aromatic nitrogens is 2. The summed E-state index contributed by atoms with van der Waals surface area (Å²) in [6.07, 6.45) is 3.50. The van der Waals surface area contributed by atoms with E-state index in [0.717, 1.165) is 4.90 Å². The van der Waals surface area contributed by atoms with Gasteiger partial charge in [-0.05, 0) is 17.5 Å². The summed E-state index contributed by atoms with van der Waals surface area (Å²) in [5.41, 5.74) is 6.21. The molecule has 28 heavy (non-hydrogen) atoms. The number of rotatable bonds is 8. The molecular formula is C19H25N5O3S. The van der Waals surface area contributed by atoms with E-state index in [4.69, 9.17) is 5.73 Å². The molecule has 8 nitrogen and oxygen atoms in total. The number of primary amides is 1. The number of carbonyl (C=O) groups is 3. The molecule has 9 heteroatoms. The van der Waals surface area contributed by atoms with Crippen molar-refractivity contribution in [2.45, 2.75) is 38.6 Å². The highest BCUT2D eigenvalue weighted by atomic mass is 32.2. The molecule has 0 aliphatic carbocycles. The van der Waals surface area contributed by atoms with E-state index in [1.165, 1.54) is 22.6 Å². The minimum atomic E-state index is -0.427. The molecule has 1 aromatic carbocycles. The van der Waals surface area contributed by atoms with Gasteiger partial charge in [-0.3, -0.25) is 19.1 Å². The van der Waals surface area contributed by atoms with Crippen molar-refractivity contribution in [3.63, 3.8) is 0 Å². The largest absolute Gasteiger partial charge is 0.369 e. The van der Waals surface area contributed by atoms with Crippen LogP contribution in [0.3, 0.4) is 0 Å². The van der Waals surface area contributed by atoms with E-state index < -0.39 is 5.91 Å². The van der Waals surface area contributed by atoms with Gasteiger partial charge < -0.3 is 16.4 Å². The zero-order valence-electron chi connectivity index (χ0n) is 16.2. The second-order valence-corrected chi connectivity index (χ2v) is 8.53. The first-order valence-electron chi connectivity index (χ1n) is 8.75. The highest BCUT2D eigenvalue weighted by molar-refractivity contribution is 8.00. The lowest BCUT2D eigenvalue weighted by molar-refractivity contribution is -0.118. The molecule has 0 saturated heterocycles. The molecule has 2 aromatic rings. The van der Waals surface area contributed by atoms with Crippen LogP contribution in [0.25, 0.3) is 0 Å². The van der Waals surface area contributed by atoms with Gasteiger partial charge >= 0.3 is 0 Å². The Bertz CT molecular complexity index is 857. The molecule has 1 aromatic heterocycles. The van der Waals surface area contributed by atoms with Gasteiger partial charge in [0.25, 0.3) is 0 Å². The molecule has 0 radical (unpaired) electrons. The quantitative estimate of drug-likeness (QED) is 0.585. The van der Waals surface area contributed by atoms with Crippen molar-refractivity contribution in [3.05, 3.63) is 36.7 Å². The number of amides is 3. The van der Waals surface area contributed by atoms with Crippen molar-refractivity contribution in [1.82, 2.24) is 9.78 Å². The van der Waals surface area contributed by atoms with Gasteiger partial charge in [0.05, 0.1) is 23.3 Å². The lowest BCUT2D eigenvalue weighted by Crippen LogP contribution is -2.20. The van der Waals surface area contributed by atoms with Crippen LogP contribution < -0.4 is 16.4 Å². The molecule has 0 atom stereocenters. The Hall–Kier alpha value is -2.81. The van der Waals surface area contributed by atoms with Gasteiger partial charge in [-0.15, -0.1) is 11.8 Å². The third-order valence-corrected chi connectivity index (χ3v) is 4.54. The van der Waals surface area contributed by atoms with Gasteiger partial charge in [0, 0.05) is 17.5 Å². The molecule has 150 valence electrons. The second kappa shape index (κ2) is 9.41. The van der Waals surface area contributed by atoms with Crippen LogP contribution in [0, 0.1) is 5.41 Å². The van der Waals surface area contributed by atoms with Crippen molar-refractivity contribution < 1.29 is 14.4 Å². The smallest absolute Gasteiger partial charge is 0.246 e. The number of hydrogen-bond acceptors (Lipinski definition) is 5. The maximum absolute atomic E-state index is 12.3. The Labute approximate surface area is 168 Å². The number of thioether (sulfide) groups is 1. The SMILES string of the molecule is CC(C)(C)CC(=O)Nc1cnn(CC(=O)Nc2ccccc2SCC(N)=O)c1. The summed E-state index contributed by atoms with van der Waals surface area (Å²) in [4.78, 5) is 36.0. The summed E-state index contributed by atoms with van der Waals surface area (Å²) in [6, 6.07) is 7.17. The predicted octanol–water partition coefficient (Wildman–Crippen LogP) is 2.47. The van der Waals surface area contributed by atoms with Gasteiger partial charge in [-0.2, -0.15) is 5.10 Å². The molecular weight excluding hydrogens is 378 g/mol. The van der Waals surface area contributed by atoms with Crippen molar-refractivity contribution in [2.75, 3.05) is 16.4 Å². The van der Waals surface area contributed by atoms with Crippen LogP contribution >= 0.6 is 11.8 Å². The summed E-state index contributed by atoms with van der Waals surface area (Å²) in [5.74, 6) is -0.674. The monoisotopic (exact) mass is 403 g/mol. The topological polar surface area (TPSA) is 119 Å². The Kier molecular flexibility index (Phi) is 7.22. The molecule has 0 spiro atoms. The molecule has 0 aliphatic rings. The number of nitrogens with one attached hydrogen (secondary N) is 2. The van der Waals surface area contributed by atoms with Crippen molar-refractivity contribution in [1.29, 1.82) is 0 Å². The van der Waals surface area contributed by atoms with Gasteiger partial charge in [0.2, 0.25) is 17.7 Å². The van der Waals surface area contributed by atoms with E-state index >= 15 is 0 Å². The van der Waals surface area contributed by atoms with E-state index in [0.29, 0.717) is 17.8 Å². The van der Waals surface area contributed by atoms with Crippen LogP contribution in [-0.2, 0) is 20.9 Å². The average Bonchev–Trinajstić information content (AvgIpc) is 2.98. The first-order chi connectivity index (χ1) is 13.1. The number of hydrogen-bond donors (Lipinski definition) is 3. The molecule has 0 bridgehead atoms. The fraction of sp³-hybridized carbons (Fsp3) is 0.368. The standard InChI is InChI=1S/C19H25N5O3S/c1-19(2,3)8-17(26)22-13-9-21-24(10-13)11-18(27)23-14-6-4-5-7-15(14)28-12-16(20)25/h4-7,9-10H,8,11-12H2,1-3H3,(H2,20,25)(H,22,26)(H,23,27). The number of nitrogens with two attached hydrogens (primary N) is 1. The average molecular weight is 404 g/mol. The third kappa shape index (κ3) is 7.43. The summed E-state index contributed by atoms with van der Waals surface area (Å²) in [5, 5.41) is 9.68. The minimum absolute atomic E-state index is 0.00996. The van der Waals surface area contributed by atoms with E-state index in [-0.39, 0.29) is 29.5 Å². The normalized spacial score (nSPS) is 11.1. The van der Waals surface area contributed by atoms with Crippen molar-refractivity contribution in [3.8, 4) is 0 Å². The first kappa shape index (κ1) is 21.5. The molecule has 0 aliphatic heterocycles. The fourth-order valence-electron chi connectivity index (χ4n) is 2.38. The zero-order valence-corrected chi connectivity index (χ0v) is 17.0. The predicted molar refractivity (Wildman–Crippen MR) is 110 cm³/mol. The number of para-hydroxylation sites is 1. The number of nitrogens with zero attached hydrogens (tertiary/aromatic N) is 2. The van der Waals surface area contributed by atoms with E-state index in [1.54, 1.807) is 24.4 Å². The Balaban J connectivity index is 1.93. The Morgan fingerprint density at radius 1 is 1.14 bits per heavy atom. The highest BCUT2D eigenvalue weighted by Crippen LogP contribution is 2.26. The number of benzene rings is 1. The van der Waals surface area contributed by atoms with Crippen molar-refractivity contribution in [2.24, 2.45) is 11.1 Å². The number of anilines is 2. The summed E-state index contributed by atoms with van der Waals surface area (Å²) in [7, 11) is 0. The van der Waals surface area contributed by atoms with E-state index in [2.05, 4.69) is 15.7 Å². The molecule has 4 N–H and O–H groups in total. The van der Waals surface area contributed by atoms with Crippen LogP contribution in [0.1, 0.15) is 27.2 Å². The van der Waals surface area contributed by atoms with Crippen LogP contribution in [0.5, 0.6) is 0 Å². The molecule has 0 unspecified atom stereocenters. The third-order valence-electron chi connectivity index (χ3n) is 3.44. The number of carbonyl (C=O) groups excluding carboxylic acids is 3. The molecule has 2 rings (SSSR count). The highest BCUT2D eigenvalue weighted by Gasteiger charge is 2.16. The fourth-order valence-corrected chi connectivity index (χ4v) is 3.13. The van der Waals surface area contributed by atoms with Gasteiger partial charge in [-0.25, -0.2) is 0 Å². The maximum Gasteiger partial charge on any atom is 0.246 e. The summed E-state index contributed by atoms with van der Waals surface area (Å²) < 4.78 is 1.45. The van der Waals surface area contributed by atoms with Crippen LogP contribution in [-0.4, -0.2) is 33.3 Å². The minimum Gasteiger partial charge on any atom is -0.369 e. The molecule has 3 amide bonds. The Morgan fingerprint density at radius 2 is 1.86 bits per heavy atom. The summed E-state index contributed by atoms with van der Waals surface area (Å²) >= 11 is 1.26. The lowest BCUT2D eigenvalue weighted by Gasteiger charge is -2.16. The van der Waals surface area contributed by atoms with E-state index in [1.807, 2.05) is 26.8 Å².